The summed E-state index contributed by atoms with van der Waals surface area (Å²) in [5.41, 5.74) is 4.68. The number of rotatable bonds is 5. The Bertz CT molecular complexity index is 1170. The largest absolute Gasteiger partial charge is 0.343 e. The zero-order chi connectivity index (χ0) is 23.1. The molecule has 3 aromatic rings. The standard InChI is InChI=1S/C25H31N7O/c1-5-17-11-12-32-21(13-17)24(33)30(4)22-20(6-2)28-25(29-23(22)32)27-18-7-9-19(10-8-18)31-14-16(3)26-15-31/h7-10,14-15,17,21H,5-6,11-13H2,1-4H3,(H,27,28,29). The summed E-state index contributed by atoms with van der Waals surface area (Å²) in [5, 5.41) is 3.38. The van der Waals surface area contributed by atoms with Gasteiger partial charge in [-0.25, -0.2) is 9.97 Å². The van der Waals surface area contributed by atoms with Crippen LogP contribution in [-0.4, -0.2) is 45.1 Å². The third-order valence-electron chi connectivity index (χ3n) is 6.92. The number of carbonyl (C=O) groups excluding carboxylic acids is 1. The molecule has 2 aromatic heterocycles. The first-order chi connectivity index (χ1) is 16.0. The van der Waals surface area contributed by atoms with E-state index in [1.54, 1.807) is 4.90 Å². The number of nitrogens with zero attached hydrogens (tertiary/aromatic N) is 6. The van der Waals surface area contributed by atoms with Crippen molar-refractivity contribution >= 4 is 29.0 Å². The van der Waals surface area contributed by atoms with Gasteiger partial charge in [-0.2, -0.15) is 4.98 Å². The van der Waals surface area contributed by atoms with Gasteiger partial charge in [-0.05, 0) is 56.4 Å². The number of hydrogen-bond acceptors (Lipinski definition) is 6. The molecule has 4 heterocycles. The van der Waals surface area contributed by atoms with Gasteiger partial charge in [0.15, 0.2) is 5.82 Å². The van der Waals surface area contributed by atoms with Crippen molar-refractivity contribution in [3.05, 3.63) is 48.2 Å². The number of nitrogens with one attached hydrogen (secondary N) is 1. The molecule has 8 heteroatoms. The molecule has 172 valence electrons. The van der Waals surface area contributed by atoms with Crippen molar-refractivity contribution < 1.29 is 4.79 Å². The van der Waals surface area contributed by atoms with Gasteiger partial charge in [0.1, 0.15) is 11.7 Å². The van der Waals surface area contributed by atoms with Gasteiger partial charge in [0.2, 0.25) is 11.9 Å². The average Bonchev–Trinajstić information content (AvgIpc) is 3.28. The Morgan fingerprint density at radius 1 is 1.15 bits per heavy atom. The van der Waals surface area contributed by atoms with E-state index in [1.807, 2.05) is 55.3 Å². The first kappa shape index (κ1) is 21.4. The number of carbonyl (C=O) groups is 1. The van der Waals surface area contributed by atoms with Gasteiger partial charge in [0.05, 0.1) is 17.7 Å². The number of aryl methyl sites for hydroxylation is 2. The van der Waals surface area contributed by atoms with Gasteiger partial charge in [0, 0.05) is 31.2 Å². The number of likely N-dealkylation sites (N-methyl/N-ethyl adjacent to an activating group) is 1. The Hall–Kier alpha value is -3.42. The Labute approximate surface area is 194 Å². The number of aromatic nitrogens is 4. The van der Waals surface area contributed by atoms with E-state index in [1.165, 1.54) is 0 Å². The molecular weight excluding hydrogens is 414 g/mol. The minimum atomic E-state index is -0.133. The highest BCUT2D eigenvalue weighted by Gasteiger charge is 2.42. The molecule has 2 aliphatic rings. The van der Waals surface area contributed by atoms with Gasteiger partial charge < -0.3 is 19.7 Å². The number of hydrogen-bond donors (Lipinski definition) is 1. The topological polar surface area (TPSA) is 79.2 Å². The summed E-state index contributed by atoms with van der Waals surface area (Å²) in [6, 6.07) is 7.99. The summed E-state index contributed by atoms with van der Waals surface area (Å²) in [6.45, 7) is 7.12. The monoisotopic (exact) mass is 445 g/mol. The molecule has 1 aromatic carbocycles. The van der Waals surface area contributed by atoms with E-state index in [4.69, 9.17) is 9.97 Å². The molecular formula is C25H31N7O. The van der Waals surface area contributed by atoms with Crippen LogP contribution in [0.2, 0.25) is 0 Å². The van der Waals surface area contributed by atoms with Crippen molar-refractivity contribution in [2.75, 3.05) is 28.7 Å². The molecule has 2 aliphatic heterocycles. The van der Waals surface area contributed by atoms with Crippen LogP contribution in [0.5, 0.6) is 0 Å². The van der Waals surface area contributed by atoms with Gasteiger partial charge in [0.25, 0.3) is 0 Å². The minimum Gasteiger partial charge on any atom is -0.343 e. The molecule has 0 spiro atoms. The van der Waals surface area contributed by atoms with Crippen LogP contribution < -0.4 is 15.1 Å². The lowest BCUT2D eigenvalue weighted by atomic mass is 9.87. The summed E-state index contributed by atoms with van der Waals surface area (Å²) in [6.07, 6.45) is 7.63. The van der Waals surface area contributed by atoms with Crippen molar-refractivity contribution in [2.45, 2.75) is 52.5 Å². The summed E-state index contributed by atoms with van der Waals surface area (Å²) >= 11 is 0. The first-order valence-corrected chi connectivity index (χ1v) is 11.8. The highest BCUT2D eigenvalue weighted by Crippen LogP contribution is 2.41. The third kappa shape index (κ3) is 3.83. The molecule has 0 saturated carbocycles. The number of benzene rings is 1. The molecule has 1 N–H and O–H groups in total. The number of imidazole rings is 1. The van der Waals surface area contributed by atoms with Crippen LogP contribution in [0, 0.1) is 12.8 Å². The molecule has 1 amide bonds. The second-order valence-corrected chi connectivity index (χ2v) is 9.02. The minimum absolute atomic E-state index is 0.133. The number of fused-ring (bicyclic) bond motifs is 3. The van der Waals surface area contributed by atoms with Crippen LogP contribution in [0.25, 0.3) is 5.69 Å². The number of anilines is 4. The van der Waals surface area contributed by atoms with E-state index < -0.39 is 0 Å². The Morgan fingerprint density at radius 2 is 1.94 bits per heavy atom. The van der Waals surface area contributed by atoms with E-state index in [0.717, 1.165) is 66.5 Å². The van der Waals surface area contributed by atoms with Gasteiger partial charge in [-0.3, -0.25) is 4.79 Å². The van der Waals surface area contributed by atoms with Crippen molar-refractivity contribution in [1.82, 2.24) is 19.5 Å². The van der Waals surface area contributed by atoms with Crippen molar-refractivity contribution in [3.8, 4) is 5.69 Å². The van der Waals surface area contributed by atoms with Crippen molar-refractivity contribution in [3.63, 3.8) is 0 Å². The van der Waals surface area contributed by atoms with E-state index in [2.05, 4.69) is 29.0 Å². The number of piperidine rings is 1. The van der Waals surface area contributed by atoms with Gasteiger partial charge in [-0.1, -0.05) is 20.3 Å². The zero-order valence-corrected chi connectivity index (χ0v) is 19.7. The Morgan fingerprint density at radius 3 is 2.61 bits per heavy atom. The molecule has 1 fully saturated rings. The SMILES string of the molecule is CCc1nc(Nc2ccc(-n3cnc(C)c3)cc2)nc2c1N(C)C(=O)C1CC(CC)CCN21. The quantitative estimate of drug-likeness (QED) is 0.633. The predicted molar refractivity (Wildman–Crippen MR) is 131 cm³/mol. The molecule has 2 atom stereocenters. The van der Waals surface area contributed by atoms with Crippen LogP contribution in [0.1, 0.15) is 44.5 Å². The fourth-order valence-electron chi connectivity index (χ4n) is 4.97. The summed E-state index contributed by atoms with van der Waals surface area (Å²) in [4.78, 5) is 31.2. The molecule has 0 radical (unpaired) electrons. The van der Waals surface area contributed by atoms with Crippen LogP contribution >= 0.6 is 0 Å². The van der Waals surface area contributed by atoms with Gasteiger partial charge in [-0.15, -0.1) is 0 Å². The number of amides is 1. The van der Waals surface area contributed by atoms with Crippen molar-refractivity contribution in [2.24, 2.45) is 5.92 Å². The van der Waals surface area contributed by atoms with E-state index in [9.17, 15) is 4.79 Å². The zero-order valence-electron chi connectivity index (χ0n) is 19.7. The summed E-state index contributed by atoms with van der Waals surface area (Å²) in [5.74, 6) is 2.19. The summed E-state index contributed by atoms with van der Waals surface area (Å²) in [7, 11) is 1.86. The maximum Gasteiger partial charge on any atom is 0.249 e. The van der Waals surface area contributed by atoms with E-state index in [0.29, 0.717) is 11.9 Å². The van der Waals surface area contributed by atoms with Gasteiger partial charge >= 0.3 is 0 Å². The van der Waals surface area contributed by atoms with E-state index in [-0.39, 0.29) is 11.9 Å². The molecule has 2 unspecified atom stereocenters. The Balaban J connectivity index is 1.46. The van der Waals surface area contributed by atoms with Crippen LogP contribution in [0.4, 0.5) is 23.1 Å². The highest BCUT2D eigenvalue weighted by atomic mass is 16.2. The normalized spacial score (nSPS) is 19.9. The predicted octanol–water partition coefficient (Wildman–Crippen LogP) is 4.25. The summed E-state index contributed by atoms with van der Waals surface area (Å²) < 4.78 is 2.00. The second-order valence-electron chi connectivity index (χ2n) is 9.02. The molecule has 5 rings (SSSR count). The highest BCUT2D eigenvalue weighted by molar-refractivity contribution is 6.05. The third-order valence-corrected chi connectivity index (χ3v) is 6.92. The van der Waals surface area contributed by atoms with Crippen LogP contribution in [-0.2, 0) is 11.2 Å². The van der Waals surface area contributed by atoms with Crippen LogP contribution in [0.15, 0.2) is 36.8 Å². The molecule has 0 aliphatic carbocycles. The maximum atomic E-state index is 13.2. The molecule has 8 nitrogen and oxygen atoms in total. The molecule has 1 saturated heterocycles. The average molecular weight is 446 g/mol. The first-order valence-electron chi connectivity index (χ1n) is 11.8. The van der Waals surface area contributed by atoms with Crippen molar-refractivity contribution in [1.29, 1.82) is 0 Å². The van der Waals surface area contributed by atoms with E-state index >= 15 is 0 Å². The fraction of sp³-hybridized carbons (Fsp3) is 0.440. The fourth-order valence-corrected chi connectivity index (χ4v) is 4.97. The lowest BCUT2D eigenvalue weighted by Gasteiger charge is -2.45. The Kier molecular flexibility index (Phi) is 5.52. The molecule has 33 heavy (non-hydrogen) atoms. The van der Waals surface area contributed by atoms with Crippen LogP contribution in [0.3, 0.4) is 0 Å². The lowest BCUT2D eigenvalue weighted by molar-refractivity contribution is -0.120. The second kappa shape index (κ2) is 8.50. The maximum absolute atomic E-state index is 13.2. The smallest absolute Gasteiger partial charge is 0.249 e. The molecule has 0 bridgehead atoms. The lowest BCUT2D eigenvalue weighted by Crippen LogP contribution is -2.56.